The van der Waals surface area contributed by atoms with Crippen LogP contribution in [-0.4, -0.2) is 27.3 Å². The minimum atomic E-state index is 0.225. The summed E-state index contributed by atoms with van der Waals surface area (Å²) in [7, 11) is 1.92. The SMILES string of the molecule is CCC1CC1n1nnnc1C(C)NC. The molecule has 0 saturated heterocycles. The van der Waals surface area contributed by atoms with Gasteiger partial charge in [-0.15, -0.1) is 5.10 Å². The van der Waals surface area contributed by atoms with Crippen LogP contribution in [0, 0.1) is 5.92 Å². The Hall–Kier alpha value is -0.970. The van der Waals surface area contributed by atoms with E-state index < -0.39 is 0 Å². The highest BCUT2D eigenvalue weighted by molar-refractivity contribution is 4.98. The monoisotopic (exact) mass is 195 g/mol. The van der Waals surface area contributed by atoms with E-state index >= 15 is 0 Å². The maximum absolute atomic E-state index is 4.06. The minimum Gasteiger partial charge on any atom is -0.311 e. The molecule has 1 fully saturated rings. The molecule has 2 rings (SSSR count). The van der Waals surface area contributed by atoms with Crippen LogP contribution in [-0.2, 0) is 0 Å². The first-order valence-electron chi connectivity index (χ1n) is 5.23. The molecule has 3 atom stereocenters. The molecule has 1 aromatic rings. The zero-order valence-corrected chi connectivity index (χ0v) is 8.94. The van der Waals surface area contributed by atoms with Gasteiger partial charge in [0.1, 0.15) is 0 Å². The van der Waals surface area contributed by atoms with E-state index in [0.29, 0.717) is 6.04 Å². The summed E-state index contributed by atoms with van der Waals surface area (Å²) < 4.78 is 1.98. The van der Waals surface area contributed by atoms with Crippen molar-refractivity contribution in [1.82, 2.24) is 25.5 Å². The van der Waals surface area contributed by atoms with Crippen molar-refractivity contribution in [3.8, 4) is 0 Å². The molecule has 1 heterocycles. The van der Waals surface area contributed by atoms with Crippen LogP contribution in [0.3, 0.4) is 0 Å². The van der Waals surface area contributed by atoms with E-state index in [0.717, 1.165) is 11.7 Å². The fraction of sp³-hybridized carbons (Fsp3) is 0.889. The van der Waals surface area contributed by atoms with Crippen LogP contribution in [0.4, 0.5) is 0 Å². The van der Waals surface area contributed by atoms with Crippen molar-refractivity contribution in [1.29, 1.82) is 0 Å². The summed E-state index contributed by atoms with van der Waals surface area (Å²) in [5.74, 6) is 1.73. The minimum absolute atomic E-state index is 0.225. The van der Waals surface area contributed by atoms with Gasteiger partial charge in [-0.1, -0.05) is 13.3 Å². The lowest BCUT2D eigenvalue weighted by Gasteiger charge is -2.09. The molecule has 0 amide bonds. The quantitative estimate of drug-likeness (QED) is 0.776. The normalized spacial score (nSPS) is 27.6. The lowest BCUT2D eigenvalue weighted by atomic mass is 10.3. The van der Waals surface area contributed by atoms with Gasteiger partial charge in [-0.3, -0.25) is 0 Å². The molecule has 0 radical (unpaired) electrons. The molecule has 1 aliphatic rings. The first-order valence-corrected chi connectivity index (χ1v) is 5.23. The summed E-state index contributed by atoms with van der Waals surface area (Å²) in [5, 5.41) is 15.0. The average molecular weight is 195 g/mol. The van der Waals surface area contributed by atoms with Crippen molar-refractivity contribution in [2.45, 2.75) is 38.8 Å². The lowest BCUT2D eigenvalue weighted by Crippen LogP contribution is -2.18. The fourth-order valence-electron chi connectivity index (χ4n) is 1.82. The summed E-state index contributed by atoms with van der Waals surface area (Å²) in [4.78, 5) is 0. The number of nitrogens with one attached hydrogen (secondary N) is 1. The highest BCUT2D eigenvalue weighted by Crippen LogP contribution is 2.45. The molecule has 1 aliphatic carbocycles. The Labute approximate surface area is 83.9 Å². The topological polar surface area (TPSA) is 55.6 Å². The van der Waals surface area contributed by atoms with E-state index in [1.54, 1.807) is 0 Å². The van der Waals surface area contributed by atoms with Crippen molar-refractivity contribution in [3.05, 3.63) is 5.82 Å². The molecule has 3 unspecified atom stereocenters. The number of nitrogens with zero attached hydrogens (tertiary/aromatic N) is 4. The fourth-order valence-corrected chi connectivity index (χ4v) is 1.82. The zero-order chi connectivity index (χ0) is 10.1. The van der Waals surface area contributed by atoms with Gasteiger partial charge in [-0.25, -0.2) is 4.68 Å². The predicted octanol–water partition coefficient (Wildman–Crippen LogP) is 0.924. The van der Waals surface area contributed by atoms with Gasteiger partial charge < -0.3 is 5.32 Å². The van der Waals surface area contributed by atoms with Crippen LogP contribution in [0.5, 0.6) is 0 Å². The number of aromatic nitrogens is 4. The molecule has 0 aliphatic heterocycles. The van der Waals surface area contributed by atoms with Crippen LogP contribution in [0.1, 0.15) is 44.6 Å². The molecule has 5 nitrogen and oxygen atoms in total. The maximum atomic E-state index is 4.06. The third-order valence-corrected chi connectivity index (χ3v) is 3.06. The molecule has 5 heteroatoms. The number of rotatable bonds is 4. The van der Waals surface area contributed by atoms with Crippen LogP contribution in [0.15, 0.2) is 0 Å². The van der Waals surface area contributed by atoms with Gasteiger partial charge in [0.2, 0.25) is 0 Å². The van der Waals surface area contributed by atoms with Gasteiger partial charge in [0.15, 0.2) is 5.82 Å². The second-order valence-electron chi connectivity index (χ2n) is 3.96. The van der Waals surface area contributed by atoms with E-state index in [2.05, 4.69) is 34.7 Å². The molecule has 0 aromatic carbocycles. The van der Waals surface area contributed by atoms with Gasteiger partial charge in [0.25, 0.3) is 0 Å². The van der Waals surface area contributed by atoms with E-state index in [9.17, 15) is 0 Å². The van der Waals surface area contributed by atoms with Gasteiger partial charge in [0.05, 0.1) is 12.1 Å². The predicted molar refractivity (Wildman–Crippen MR) is 52.7 cm³/mol. The van der Waals surface area contributed by atoms with Crippen molar-refractivity contribution < 1.29 is 0 Å². The molecular formula is C9H17N5. The summed E-state index contributed by atoms with van der Waals surface area (Å²) >= 11 is 0. The van der Waals surface area contributed by atoms with E-state index in [4.69, 9.17) is 0 Å². The lowest BCUT2D eigenvalue weighted by molar-refractivity contribution is 0.496. The average Bonchev–Trinajstić information content (AvgIpc) is 2.85. The zero-order valence-electron chi connectivity index (χ0n) is 8.94. The third-order valence-electron chi connectivity index (χ3n) is 3.06. The summed E-state index contributed by atoms with van der Waals surface area (Å²) in [6, 6.07) is 0.768. The first kappa shape index (κ1) is 9.58. The van der Waals surface area contributed by atoms with Crippen LogP contribution in [0.25, 0.3) is 0 Å². The Morgan fingerprint density at radius 1 is 1.64 bits per heavy atom. The molecule has 0 spiro atoms. The first-order chi connectivity index (χ1) is 6.77. The molecule has 78 valence electrons. The Morgan fingerprint density at radius 3 is 3.00 bits per heavy atom. The molecule has 0 bridgehead atoms. The van der Waals surface area contributed by atoms with Crippen LogP contribution < -0.4 is 5.32 Å². The largest absolute Gasteiger partial charge is 0.311 e. The standard InChI is InChI=1S/C9H17N5/c1-4-7-5-8(7)14-9(6(2)10-3)11-12-13-14/h6-8,10H,4-5H2,1-3H3. The molecule has 1 N–H and O–H groups in total. The Balaban J connectivity index is 2.14. The molecule has 1 aromatic heterocycles. The van der Waals surface area contributed by atoms with E-state index in [1.807, 2.05) is 11.7 Å². The highest BCUT2D eigenvalue weighted by atomic mass is 15.6. The number of hydrogen-bond donors (Lipinski definition) is 1. The Kier molecular flexibility index (Phi) is 2.50. The second kappa shape index (κ2) is 3.65. The van der Waals surface area contributed by atoms with Crippen molar-refractivity contribution >= 4 is 0 Å². The summed E-state index contributed by atoms with van der Waals surface area (Å²) in [6.07, 6.45) is 2.45. The van der Waals surface area contributed by atoms with E-state index in [1.165, 1.54) is 12.8 Å². The van der Waals surface area contributed by atoms with Gasteiger partial charge in [-0.05, 0) is 36.7 Å². The molecular weight excluding hydrogens is 178 g/mol. The maximum Gasteiger partial charge on any atom is 0.168 e. The second-order valence-corrected chi connectivity index (χ2v) is 3.96. The van der Waals surface area contributed by atoms with Gasteiger partial charge in [0, 0.05) is 0 Å². The third kappa shape index (κ3) is 1.52. The summed E-state index contributed by atoms with van der Waals surface area (Å²) in [5.41, 5.74) is 0. The van der Waals surface area contributed by atoms with E-state index in [-0.39, 0.29) is 6.04 Å². The van der Waals surface area contributed by atoms with Gasteiger partial charge >= 0.3 is 0 Å². The highest BCUT2D eigenvalue weighted by Gasteiger charge is 2.40. The number of tetrazole rings is 1. The van der Waals surface area contributed by atoms with Crippen molar-refractivity contribution in [2.24, 2.45) is 5.92 Å². The molecule has 1 saturated carbocycles. The van der Waals surface area contributed by atoms with Gasteiger partial charge in [-0.2, -0.15) is 0 Å². The Bertz CT molecular complexity index is 308. The Morgan fingerprint density at radius 2 is 2.43 bits per heavy atom. The van der Waals surface area contributed by atoms with Crippen molar-refractivity contribution in [2.75, 3.05) is 7.05 Å². The van der Waals surface area contributed by atoms with Crippen LogP contribution >= 0.6 is 0 Å². The summed E-state index contributed by atoms with van der Waals surface area (Å²) in [6.45, 7) is 4.29. The smallest absolute Gasteiger partial charge is 0.168 e. The van der Waals surface area contributed by atoms with Crippen LogP contribution in [0.2, 0.25) is 0 Å². The number of hydrogen-bond acceptors (Lipinski definition) is 4. The van der Waals surface area contributed by atoms with Crippen molar-refractivity contribution in [3.63, 3.8) is 0 Å². The molecule has 14 heavy (non-hydrogen) atoms.